The van der Waals surface area contributed by atoms with Gasteiger partial charge in [0, 0.05) is 18.5 Å². The first-order chi connectivity index (χ1) is 13.7. The maximum atomic E-state index is 5.59. The normalized spacial score (nSPS) is 25.0. The minimum atomic E-state index is 0.471. The molecule has 3 atom stereocenters. The van der Waals surface area contributed by atoms with Crippen LogP contribution in [0, 0.1) is 0 Å². The fourth-order valence-electron chi connectivity index (χ4n) is 5.05. The molecule has 0 amide bonds. The van der Waals surface area contributed by atoms with E-state index in [0.717, 1.165) is 23.8 Å². The molecule has 2 aliphatic rings. The van der Waals surface area contributed by atoms with Crippen LogP contribution in [-0.4, -0.2) is 45.4 Å². The van der Waals surface area contributed by atoms with Gasteiger partial charge >= 0.3 is 0 Å². The van der Waals surface area contributed by atoms with Gasteiger partial charge < -0.3 is 14.2 Å². The number of piperidine rings is 2. The van der Waals surface area contributed by atoms with Gasteiger partial charge in [0.1, 0.15) is 5.75 Å². The Hall–Kier alpha value is -2.20. The van der Waals surface area contributed by atoms with Gasteiger partial charge in [0.25, 0.3) is 0 Å². The van der Waals surface area contributed by atoms with Crippen LogP contribution >= 0.6 is 0 Å². The van der Waals surface area contributed by atoms with E-state index in [-0.39, 0.29) is 0 Å². The molecule has 2 saturated heterocycles. The minimum Gasteiger partial charge on any atom is -0.497 e. The fourth-order valence-corrected chi connectivity index (χ4v) is 5.05. The molecule has 28 heavy (non-hydrogen) atoms. The average Bonchev–Trinajstić information content (AvgIpc) is 2.77. The second-order valence-electron chi connectivity index (χ2n) is 7.98. The molecule has 0 saturated carbocycles. The lowest BCUT2D eigenvalue weighted by molar-refractivity contribution is 0.0832. The summed E-state index contributed by atoms with van der Waals surface area (Å²) in [4.78, 5) is 2.72. The van der Waals surface area contributed by atoms with Crippen molar-refractivity contribution in [1.82, 2.24) is 4.90 Å². The lowest BCUT2D eigenvalue weighted by atomic mass is 9.72. The molecule has 0 N–H and O–H groups in total. The predicted octanol–water partition coefficient (Wildman–Crippen LogP) is 4.84. The molecule has 0 bridgehead atoms. The molecule has 0 aromatic heterocycles. The number of fused-ring (bicyclic) bond motifs is 1. The summed E-state index contributed by atoms with van der Waals surface area (Å²) in [6.45, 7) is 2.35. The van der Waals surface area contributed by atoms with Crippen LogP contribution in [0.3, 0.4) is 0 Å². The van der Waals surface area contributed by atoms with Crippen molar-refractivity contribution in [1.29, 1.82) is 0 Å². The van der Waals surface area contributed by atoms with Crippen molar-refractivity contribution in [2.75, 3.05) is 34.4 Å². The lowest BCUT2D eigenvalue weighted by Crippen LogP contribution is -2.48. The summed E-state index contributed by atoms with van der Waals surface area (Å²) in [5.74, 6) is 3.48. The number of methoxy groups -OCH3 is 3. The van der Waals surface area contributed by atoms with Gasteiger partial charge in [-0.2, -0.15) is 0 Å². The number of hydrogen-bond donors (Lipinski definition) is 0. The third-order valence-corrected chi connectivity index (χ3v) is 6.57. The Morgan fingerprint density at radius 1 is 0.786 bits per heavy atom. The molecule has 4 rings (SSSR count). The van der Waals surface area contributed by atoms with Gasteiger partial charge in [0.2, 0.25) is 0 Å². The highest BCUT2D eigenvalue weighted by molar-refractivity contribution is 5.45. The van der Waals surface area contributed by atoms with E-state index in [2.05, 4.69) is 41.3 Å². The minimum absolute atomic E-state index is 0.471. The molecule has 2 fully saturated rings. The van der Waals surface area contributed by atoms with E-state index >= 15 is 0 Å². The standard InChI is InChI=1S/C24H31NO3/c1-26-20-10-7-17(8-11-20)22-16-25-13-5-4-6-19(25)15-21(22)18-9-12-23(27-2)24(14-18)28-3/h7-12,14,19,21-22H,4-6,13,15-16H2,1-3H3/t19-,21-,22-/m1/s1. The van der Waals surface area contributed by atoms with E-state index in [0.29, 0.717) is 17.9 Å². The van der Waals surface area contributed by atoms with Crippen molar-refractivity contribution < 1.29 is 14.2 Å². The lowest BCUT2D eigenvalue weighted by Gasteiger charge is -2.47. The molecule has 150 valence electrons. The number of benzene rings is 2. The highest BCUT2D eigenvalue weighted by atomic mass is 16.5. The Bertz CT molecular complexity index is 789. The monoisotopic (exact) mass is 381 g/mol. The molecule has 4 nitrogen and oxygen atoms in total. The van der Waals surface area contributed by atoms with Crippen molar-refractivity contribution in [3.8, 4) is 17.2 Å². The first-order valence-corrected chi connectivity index (χ1v) is 10.3. The molecular formula is C24H31NO3. The highest BCUT2D eigenvalue weighted by Gasteiger charge is 2.38. The van der Waals surface area contributed by atoms with Crippen LogP contribution in [0.5, 0.6) is 17.2 Å². The molecular weight excluding hydrogens is 350 g/mol. The zero-order chi connectivity index (χ0) is 19.5. The maximum absolute atomic E-state index is 5.59. The van der Waals surface area contributed by atoms with Crippen molar-refractivity contribution in [3.05, 3.63) is 53.6 Å². The number of ether oxygens (including phenoxy) is 3. The summed E-state index contributed by atoms with van der Waals surface area (Å²) in [5.41, 5.74) is 2.74. The van der Waals surface area contributed by atoms with Crippen molar-refractivity contribution in [2.45, 2.75) is 43.6 Å². The first-order valence-electron chi connectivity index (χ1n) is 10.3. The van der Waals surface area contributed by atoms with Gasteiger partial charge in [0.15, 0.2) is 11.5 Å². The first kappa shape index (κ1) is 19.1. The smallest absolute Gasteiger partial charge is 0.160 e. The zero-order valence-electron chi connectivity index (χ0n) is 17.2. The van der Waals surface area contributed by atoms with E-state index in [1.54, 1.807) is 21.3 Å². The summed E-state index contributed by atoms with van der Waals surface area (Å²) in [7, 11) is 5.13. The summed E-state index contributed by atoms with van der Waals surface area (Å²) in [5, 5.41) is 0. The number of hydrogen-bond acceptors (Lipinski definition) is 4. The second kappa shape index (κ2) is 8.44. The SMILES string of the molecule is COc1ccc([C@H]2CN3CCCC[C@@H]3C[C@@H]2c2ccc(OC)c(OC)c2)cc1. The third kappa shape index (κ3) is 3.70. The number of nitrogens with zero attached hydrogens (tertiary/aromatic N) is 1. The summed E-state index contributed by atoms with van der Waals surface area (Å²) in [6.07, 6.45) is 5.20. The molecule has 2 aromatic rings. The van der Waals surface area contributed by atoms with E-state index in [9.17, 15) is 0 Å². The second-order valence-corrected chi connectivity index (χ2v) is 7.98. The predicted molar refractivity (Wildman–Crippen MR) is 112 cm³/mol. The van der Waals surface area contributed by atoms with Crippen LogP contribution in [0.4, 0.5) is 0 Å². The Kier molecular flexibility index (Phi) is 5.77. The van der Waals surface area contributed by atoms with Crippen molar-refractivity contribution >= 4 is 0 Å². The van der Waals surface area contributed by atoms with Crippen LogP contribution < -0.4 is 14.2 Å². The van der Waals surface area contributed by atoms with Gasteiger partial charge in [-0.05, 0) is 67.1 Å². The molecule has 2 heterocycles. The molecule has 4 heteroatoms. The molecule has 0 unspecified atom stereocenters. The quantitative estimate of drug-likeness (QED) is 0.742. The molecule has 2 aliphatic heterocycles. The summed E-state index contributed by atoms with van der Waals surface area (Å²) in [6, 6.07) is 15.8. The largest absolute Gasteiger partial charge is 0.497 e. The summed E-state index contributed by atoms with van der Waals surface area (Å²) >= 11 is 0. The Morgan fingerprint density at radius 2 is 1.54 bits per heavy atom. The van der Waals surface area contributed by atoms with E-state index < -0.39 is 0 Å². The van der Waals surface area contributed by atoms with E-state index in [1.807, 2.05) is 6.07 Å². The van der Waals surface area contributed by atoms with Crippen molar-refractivity contribution in [3.63, 3.8) is 0 Å². The van der Waals surface area contributed by atoms with Crippen LogP contribution in [0.15, 0.2) is 42.5 Å². The number of rotatable bonds is 5. The van der Waals surface area contributed by atoms with Gasteiger partial charge in [-0.25, -0.2) is 0 Å². The van der Waals surface area contributed by atoms with Crippen LogP contribution in [0.2, 0.25) is 0 Å². The zero-order valence-corrected chi connectivity index (χ0v) is 17.2. The Morgan fingerprint density at radius 3 is 2.25 bits per heavy atom. The van der Waals surface area contributed by atoms with Gasteiger partial charge in [-0.1, -0.05) is 24.6 Å². The maximum Gasteiger partial charge on any atom is 0.160 e. The molecule has 2 aromatic carbocycles. The van der Waals surface area contributed by atoms with Crippen molar-refractivity contribution in [2.24, 2.45) is 0 Å². The molecule has 0 spiro atoms. The van der Waals surface area contributed by atoms with E-state index in [4.69, 9.17) is 14.2 Å². The molecule has 0 radical (unpaired) electrons. The van der Waals surface area contributed by atoms with Gasteiger partial charge in [0.05, 0.1) is 21.3 Å². The highest BCUT2D eigenvalue weighted by Crippen LogP contribution is 2.45. The van der Waals surface area contributed by atoms with Crippen LogP contribution in [-0.2, 0) is 0 Å². The van der Waals surface area contributed by atoms with Gasteiger partial charge in [-0.3, -0.25) is 4.90 Å². The fraction of sp³-hybridized carbons (Fsp3) is 0.500. The van der Waals surface area contributed by atoms with E-state index in [1.165, 1.54) is 43.4 Å². The Labute approximate surface area is 168 Å². The van der Waals surface area contributed by atoms with Crippen LogP contribution in [0.25, 0.3) is 0 Å². The third-order valence-electron chi connectivity index (χ3n) is 6.57. The topological polar surface area (TPSA) is 30.9 Å². The summed E-state index contributed by atoms with van der Waals surface area (Å²) < 4.78 is 16.4. The van der Waals surface area contributed by atoms with Crippen LogP contribution in [0.1, 0.15) is 48.6 Å². The Balaban J connectivity index is 1.69. The average molecular weight is 382 g/mol. The van der Waals surface area contributed by atoms with Gasteiger partial charge in [-0.15, -0.1) is 0 Å². The molecule has 0 aliphatic carbocycles.